The number of carbonyl (C=O) groups excluding carboxylic acids is 2. The number of piperazine rings is 1. The third-order valence-corrected chi connectivity index (χ3v) is 5.64. The summed E-state index contributed by atoms with van der Waals surface area (Å²) in [5, 5.41) is 1.91. The molecule has 1 aliphatic heterocycles. The van der Waals surface area contributed by atoms with Crippen LogP contribution in [-0.2, 0) is 4.79 Å². The lowest BCUT2D eigenvalue weighted by Crippen LogP contribution is -2.55. The van der Waals surface area contributed by atoms with Crippen LogP contribution in [-0.4, -0.2) is 54.3 Å². The van der Waals surface area contributed by atoms with Gasteiger partial charge < -0.3 is 15.5 Å². The summed E-state index contributed by atoms with van der Waals surface area (Å²) in [7, 11) is 0. The number of hydrogen-bond acceptors (Lipinski definition) is 4. The van der Waals surface area contributed by atoms with Gasteiger partial charge in [-0.25, -0.2) is 0 Å². The van der Waals surface area contributed by atoms with Crippen molar-refractivity contribution in [3.8, 4) is 0 Å². The molecule has 0 radical (unpaired) electrons. The average Bonchev–Trinajstić information content (AvgIpc) is 3.11. The van der Waals surface area contributed by atoms with E-state index in [0.717, 1.165) is 17.7 Å². The maximum absolute atomic E-state index is 12.8. The molecule has 0 unspecified atom stereocenters. The van der Waals surface area contributed by atoms with Crippen molar-refractivity contribution >= 4 is 23.2 Å². The van der Waals surface area contributed by atoms with Gasteiger partial charge in [-0.3, -0.25) is 9.59 Å². The average molecular weight is 323 g/mol. The van der Waals surface area contributed by atoms with Gasteiger partial charge in [-0.1, -0.05) is 19.9 Å². The van der Waals surface area contributed by atoms with Crippen molar-refractivity contribution in [2.75, 3.05) is 32.7 Å². The van der Waals surface area contributed by atoms with Gasteiger partial charge in [0.25, 0.3) is 5.91 Å². The van der Waals surface area contributed by atoms with Gasteiger partial charge in [0.15, 0.2) is 0 Å². The van der Waals surface area contributed by atoms with Crippen LogP contribution in [0.1, 0.15) is 36.4 Å². The molecule has 0 bridgehead atoms. The van der Waals surface area contributed by atoms with E-state index in [9.17, 15) is 9.59 Å². The van der Waals surface area contributed by atoms with Crippen molar-refractivity contribution in [2.24, 2.45) is 11.1 Å². The second kappa shape index (κ2) is 7.24. The third-order valence-electron chi connectivity index (χ3n) is 4.78. The van der Waals surface area contributed by atoms with Crippen LogP contribution in [0.25, 0.3) is 0 Å². The van der Waals surface area contributed by atoms with E-state index in [1.54, 1.807) is 0 Å². The molecular formula is C16H25N3O2S. The Hall–Kier alpha value is -1.40. The first kappa shape index (κ1) is 17.0. The first-order valence-corrected chi connectivity index (χ1v) is 8.78. The Balaban J connectivity index is 1.97. The van der Waals surface area contributed by atoms with Crippen molar-refractivity contribution in [3.63, 3.8) is 0 Å². The summed E-state index contributed by atoms with van der Waals surface area (Å²) in [6.45, 7) is 6.80. The SMILES string of the molecule is CCC(CC)(CN)C(=O)N1CCN(C(=O)c2cccs2)CC1. The van der Waals surface area contributed by atoms with Gasteiger partial charge in [0.2, 0.25) is 5.91 Å². The van der Waals surface area contributed by atoms with Crippen molar-refractivity contribution in [1.82, 2.24) is 9.80 Å². The number of thiophene rings is 1. The molecule has 0 saturated carbocycles. The fourth-order valence-electron chi connectivity index (χ4n) is 2.93. The van der Waals surface area contributed by atoms with E-state index in [-0.39, 0.29) is 11.8 Å². The van der Waals surface area contributed by atoms with Crippen LogP contribution in [0, 0.1) is 5.41 Å². The minimum atomic E-state index is -0.445. The number of amides is 2. The third kappa shape index (κ3) is 3.17. The van der Waals surface area contributed by atoms with Crippen LogP contribution in [0.5, 0.6) is 0 Å². The number of nitrogens with zero attached hydrogens (tertiary/aromatic N) is 2. The molecule has 1 aromatic heterocycles. The highest BCUT2D eigenvalue weighted by molar-refractivity contribution is 7.12. The van der Waals surface area contributed by atoms with Gasteiger partial charge in [0.05, 0.1) is 10.3 Å². The van der Waals surface area contributed by atoms with Gasteiger partial charge in [-0.05, 0) is 24.3 Å². The summed E-state index contributed by atoms with van der Waals surface area (Å²) in [5.74, 6) is 0.210. The predicted molar refractivity (Wildman–Crippen MR) is 88.9 cm³/mol. The molecule has 1 saturated heterocycles. The van der Waals surface area contributed by atoms with E-state index in [1.807, 2.05) is 41.2 Å². The summed E-state index contributed by atoms with van der Waals surface area (Å²) in [6, 6.07) is 3.73. The summed E-state index contributed by atoms with van der Waals surface area (Å²) >= 11 is 1.46. The van der Waals surface area contributed by atoms with E-state index in [4.69, 9.17) is 5.73 Å². The predicted octanol–water partition coefficient (Wildman–Crippen LogP) is 1.80. The number of hydrogen-bond donors (Lipinski definition) is 1. The summed E-state index contributed by atoms with van der Waals surface area (Å²) in [5.41, 5.74) is 5.42. The molecule has 6 heteroatoms. The quantitative estimate of drug-likeness (QED) is 0.898. The van der Waals surface area contributed by atoms with Gasteiger partial charge >= 0.3 is 0 Å². The molecular weight excluding hydrogens is 298 g/mol. The topological polar surface area (TPSA) is 66.6 Å². The highest BCUT2D eigenvalue weighted by Gasteiger charge is 2.38. The molecule has 1 fully saturated rings. The molecule has 2 N–H and O–H groups in total. The van der Waals surface area contributed by atoms with Crippen molar-refractivity contribution in [2.45, 2.75) is 26.7 Å². The van der Waals surface area contributed by atoms with Crippen LogP contribution >= 0.6 is 11.3 Å². The van der Waals surface area contributed by atoms with Gasteiger partial charge in [-0.2, -0.15) is 0 Å². The van der Waals surface area contributed by atoms with E-state index in [0.29, 0.717) is 32.7 Å². The first-order chi connectivity index (χ1) is 10.6. The van der Waals surface area contributed by atoms with Crippen LogP contribution < -0.4 is 5.73 Å². The lowest BCUT2D eigenvalue weighted by molar-refractivity contribution is -0.143. The van der Waals surface area contributed by atoms with Crippen LogP contribution in [0.4, 0.5) is 0 Å². The highest BCUT2D eigenvalue weighted by Crippen LogP contribution is 2.28. The lowest BCUT2D eigenvalue weighted by Gasteiger charge is -2.40. The molecule has 0 atom stereocenters. The maximum atomic E-state index is 12.8. The molecule has 122 valence electrons. The maximum Gasteiger partial charge on any atom is 0.264 e. The Morgan fingerprint density at radius 3 is 2.23 bits per heavy atom. The molecule has 0 aromatic carbocycles. The Bertz CT molecular complexity index is 495. The Kier molecular flexibility index (Phi) is 5.58. The number of carbonyl (C=O) groups is 2. The largest absolute Gasteiger partial charge is 0.339 e. The van der Waals surface area contributed by atoms with Gasteiger partial charge in [0, 0.05) is 32.7 Å². The molecule has 1 aromatic rings. The molecule has 22 heavy (non-hydrogen) atoms. The zero-order valence-electron chi connectivity index (χ0n) is 13.4. The van der Waals surface area contributed by atoms with E-state index in [2.05, 4.69) is 0 Å². The number of rotatable bonds is 5. The normalized spacial score (nSPS) is 16.0. The monoisotopic (exact) mass is 323 g/mol. The van der Waals surface area contributed by atoms with E-state index in [1.165, 1.54) is 11.3 Å². The Morgan fingerprint density at radius 2 is 1.77 bits per heavy atom. The first-order valence-electron chi connectivity index (χ1n) is 7.90. The minimum Gasteiger partial charge on any atom is -0.339 e. The second-order valence-corrected chi connectivity index (χ2v) is 6.70. The second-order valence-electron chi connectivity index (χ2n) is 5.75. The molecule has 2 amide bonds. The fourth-order valence-corrected chi connectivity index (χ4v) is 3.62. The van der Waals surface area contributed by atoms with E-state index < -0.39 is 5.41 Å². The lowest BCUT2D eigenvalue weighted by atomic mass is 9.81. The zero-order valence-corrected chi connectivity index (χ0v) is 14.2. The molecule has 0 aliphatic carbocycles. The number of nitrogens with two attached hydrogens (primary N) is 1. The fraction of sp³-hybridized carbons (Fsp3) is 0.625. The van der Waals surface area contributed by atoms with Gasteiger partial charge in [-0.15, -0.1) is 11.3 Å². The van der Waals surface area contributed by atoms with Crippen LogP contribution in [0.3, 0.4) is 0 Å². The molecule has 0 spiro atoms. The smallest absolute Gasteiger partial charge is 0.264 e. The molecule has 1 aliphatic rings. The Labute approximate surface area is 136 Å². The molecule has 5 nitrogen and oxygen atoms in total. The Morgan fingerprint density at radius 1 is 1.18 bits per heavy atom. The van der Waals surface area contributed by atoms with Crippen molar-refractivity contribution in [3.05, 3.63) is 22.4 Å². The van der Waals surface area contributed by atoms with Crippen LogP contribution in [0.2, 0.25) is 0 Å². The summed E-state index contributed by atoms with van der Waals surface area (Å²) < 4.78 is 0. The molecule has 2 heterocycles. The standard InChI is InChI=1S/C16H25N3O2S/c1-3-16(4-2,12-17)15(21)19-9-7-18(8-10-19)14(20)13-6-5-11-22-13/h5-6,11H,3-4,7-10,12,17H2,1-2H3. The summed E-state index contributed by atoms with van der Waals surface area (Å²) in [4.78, 5) is 29.5. The zero-order chi connectivity index (χ0) is 16.2. The van der Waals surface area contributed by atoms with Crippen molar-refractivity contribution < 1.29 is 9.59 Å². The highest BCUT2D eigenvalue weighted by atomic mass is 32.1. The van der Waals surface area contributed by atoms with Gasteiger partial charge in [0.1, 0.15) is 0 Å². The van der Waals surface area contributed by atoms with Crippen molar-refractivity contribution in [1.29, 1.82) is 0 Å². The summed E-state index contributed by atoms with van der Waals surface area (Å²) in [6.07, 6.45) is 1.51. The van der Waals surface area contributed by atoms with E-state index >= 15 is 0 Å². The molecule has 2 rings (SSSR count). The minimum absolute atomic E-state index is 0.0678. The van der Waals surface area contributed by atoms with Crippen LogP contribution in [0.15, 0.2) is 17.5 Å².